The van der Waals surface area contributed by atoms with Crippen LogP contribution in [0.1, 0.15) is 41.3 Å². The van der Waals surface area contributed by atoms with Crippen molar-refractivity contribution in [2.45, 2.75) is 33.2 Å². The average Bonchev–Trinajstić information content (AvgIpc) is 2.91. The van der Waals surface area contributed by atoms with Crippen molar-refractivity contribution in [2.24, 2.45) is 0 Å². The maximum atomic E-state index is 11.3. The standard InChI is InChI=1S/C21H22BrNO2/c1-14(2)18-6-4-15(3)10-21(18)25-9-8-23-12-16(13-24)19-11-17(22)5-7-20(19)23/h4-7,10-14H,8-9H2,1-3H3. The summed E-state index contributed by atoms with van der Waals surface area (Å²) in [5.41, 5.74) is 4.16. The van der Waals surface area contributed by atoms with Gasteiger partial charge in [0.1, 0.15) is 12.4 Å². The van der Waals surface area contributed by atoms with Gasteiger partial charge >= 0.3 is 0 Å². The quantitative estimate of drug-likeness (QED) is 0.495. The Morgan fingerprint density at radius 3 is 2.72 bits per heavy atom. The molecule has 130 valence electrons. The first kappa shape index (κ1) is 17.7. The number of hydrogen-bond acceptors (Lipinski definition) is 2. The summed E-state index contributed by atoms with van der Waals surface area (Å²) >= 11 is 3.47. The highest BCUT2D eigenvalue weighted by molar-refractivity contribution is 9.10. The van der Waals surface area contributed by atoms with Crippen molar-refractivity contribution < 1.29 is 9.53 Å². The van der Waals surface area contributed by atoms with Crippen LogP contribution in [0.4, 0.5) is 0 Å². The van der Waals surface area contributed by atoms with Crippen LogP contribution in [0.5, 0.6) is 5.75 Å². The molecule has 0 aliphatic carbocycles. The van der Waals surface area contributed by atoms with Gasteiger partial charge in [-0.1, -0.05) is 41.9 Å². The van der Waals surface area contributed by atoms with Gasteiger partial charge in [0.2, 0.25) is 0 Å². The molecular weight excluding hydrogens is 378 g/mol. The van der Waals surface area contributed by atoms with Crippen molar-refractivity contribution in [3.63, 3.8) is 0 Å². The molecule has 0 N–H and O–H groups in total. The van der Waals surface area contributed by atoms with Crippen LogP contribution in [0.15, 0.2) is 47.1 Å². The fraction of sp³-hybridized carbons (Fsp3) is 0.286. The van der Waals surface area contributed by atoms with E-state index in [4.69, 9.17) is 4.74 Å². The van der Waals surface area contributed by atoms with Crippen LogP contribution < -0.4 is 4.74 Å². The summed E-state index contributed by atoms with van der Waals surface area (Å²) in [7, 11) is 0. The molecular formula is C21H22BrNO2. The van der Waals surface area contributed by atoms with Gasteiger partial charge in [-0.3, -0.25) is 4.79 Å². The topological polar surface area (TPSA) is 31.2 Å². The zero-order valence-corrected chi connectivity index (χ0v) is 16.3. The highest BCUT2D eigenvalue weighted by Crippen LogP contribution is 2.28. The van der Waals surface area contributed by atoms with E-state index in [2.05, 4.69) is 59.5 Å². The molecule has 0 saturated carbocycles. The number of halogens is 1. The van der Waals surface area contributed by atoms with Gasteiger partial charge in [0.25, 0.3) is 0 Å². The molecule has 0 aliphatic rings. The van der Waals surface area contributed by atoms with Gasteiger partial charge in [-0.15, -0.1) is 0 Å². The number of aldehydes is 1. The number of carbonyl (C=O) groups excluding carboxylic acids is 1. The van der Waals surface area contributed by atoms with Gasteiger partial charge in [-0.25, -0.2) is 0 Å². The monoisotopic (exact) mass is 399 g/mol. The summed E-state index contributed by atoms with van der Waals surface area (Å²) in [5.74, 6) is 1.37. The van der Waals surface area contributed by atoms with Crippen LogP contribution in [0.2, 0.25) is 0 Å². The number of carbonyl (C=O) groups is 1. The second-order valence-corrected chi connectivity index (χ2v) is 7.52. The molecule has 0 bridgehead atoms. The first-order valence-corrected chi connectivity index (χ1v) is 9.26. The number of rotatable bonds is 6. The molecule has 0 unspecified atom stereocenters. The summed E-state index contributed by atoms with van der Waals surface area (Å²) in [4.78, 5) is 11.3. The molecule has 0 spiro atoms. The molecule has 3 rings (SSSR count). The van der Waals surface area contributed by atoms with E-state index in [1.54, 1.807) is 0 Å². The van der Waals surface area contributed by atoms with E-state index in [0.29, 0.717) is 24.6 Å². The molecule has 0 atom stereocenters. The molecule has 4 heteroatoms. The Bertz CT molecular complexity index is 912. The molecule has 1 aromatic heterocycles. The normalized spacial score (nSPS) is 11.2. The van der Waals surface area contributed by atoms with E-state index in [9.17, 15) is 4.79 Å². The number of hydrogen-bond donors (Lipinski definition) is 0. The third kappa shape index (κ3) is 3.79. The molecule has 3 nitrogen and oxygen atoms in total. The van der Waals surface area contributed by atoms with Crippen molar-refractivity contribution in [3.05, 3.63) is 63.8 Å². The van der Waals surface area contributed by atoms with Crippen LogP contribution in [0.25, 0.3) is 10.9 Å². The summed E-state index contributed by atoms with van der Waals surface area (Å²) in [6.45, 7) is 7.67. The predicted molar refractivity (Wildman–Crippen MR) is 106 cm³/mol. The maximum absolute atomic E-state index is 11.3. The van der Waals surface area contributed by atoms with Crippen LogP contribution in [-0.4, -0.2) is 17.5 Å². The van der Waals surface area contributed by atoms with Crippen molar-refractivity contribution >= 4 is 33.1 Å². The van der Waals surface area contributed by atoms with Gasteiger partial charge in [0, 0.05) is 27.1 Å². The highest BCUT2D eigenvalue weighted by atomic mass is 79.9. The van der Waals surface area contributed by atoms with E-state index in [1.807, 2.05) is 24.4 Å². The van der Waals surface area contributed by atoms with Gasteiger partial charge in [-0.05, 0) is 48.2 Å². The third-order valence-corrected chi connectivity index (χ3v) is 4.88. The van der Waals surface area contributed by atoms with Gasteiger partial charge in [0.05, 0.1) is 6.54 Å². The van der Waals surface area contributed by atoms with E-state index >= 15 is 0 Å². The molecule has 1 heterocycles. The number of aryl methyl sites for hydroxylation is 1. The fourth-order valence-electron chi connectivity index (χ4n) is 3.07. The van der Waals surface area contributed by atoms with E-state index in [-0.39, 0.29) is 0 Å². The molecule has 0 radical (unpaired) electrons. The number of nitrogens with zero attached hydrogens (tertiary/aromatic N) is 1. The minimum absolute atomic E-state index is 0.419. The minimum Gasteiger partial charge on any atom is -0.491 e. The van der Waals surface area contributed by atoms with Crippen LogP contribution >= 0.6 is 15.9 Å². The van der Waals surface area contributed by atoms with E-state index in [0.717, 1.165) is 27.4 Å². The fourth-order valence-corrected chi connectivity index (χ4v) is 3.43. The highest BCUT2D eigenvalue weighted by Gasteiger charge is 2.10. The number of ether oxygens (including phenoxy) is 1. The Morgan fingerprint density at radius 1 is 1.20 bits per heavy atom. The molecule has 25 heavy (non-hydrogen) atoms. The zero-order chi connectivity index (χ0) is 18.0. The van der Waals surface area contributed by atoms with Crippen LogP contribution in [0, 0.1) is 6.92 Å². The lowest BCUT2D eigenvalue weighted by Crippen LogP contribution is -2.09. The Labute approximate surface area is 156 Å². The van der Waals surface area contributed by atoms with Gasteiger partial charge in [-0.2, -0.15) is 0 Å². The average molecular weight is 400 g/mol. The summed E-state index contributed by atoms with van der Waals surface area (Å²) in [6.07, 6.45) is 2.80. The molecule has 0 fully saturated rings. The first-order chi connectivity index (χ1) is 12.0. The zero-order valence-electron chi connectivity index (χ0n) is 14.8. The number of aromatic nitrogens is 1. The molecule has 0 aliphatic heterocycles. The molecule has 0 amide bonds. The smallest absolute Gasteiger partial charge is 0.152 e. The SMILES string of the molecule is Cc1ccc(C(C)C)c(OCCn2cc(C=O)c3cc(Br)ccc32)c1. The van der Waals surface area contributed by atoms with Crippen LogP contribution in [-0.2, 0) is 6.54 Å². The molecule has 0 saturated heterocycles. The Balaban J connectivity index is 1.80. The van der Waals surface area contributed by atoms with Crippen molar-refractivity contribution in [2.75, 3.05) is 6.61 Å². The lowest BCUT2D eigenvalue weighted by Gasteiger charge is -2.15. The lowest BCUT2D eigenvalue weighted by molar-refractivity contribution is 0.112. The molecule has 3 aromatic rings. The maximum Gasteiger partial charge on any atom is 0.152 e. The first-order valence-electron chi connectivity index (χ1n) is 8.46. The van der Waals surface area contributed by atoms with Crippen molar-refractivity contribution in [3.8, 4) is 5.75 Å². The molecule has 2 aromatic carbocycles. The third-order valence-electron chi connectivity index (χ3n) is 4.38. The number of benzene rings is 2. The Morgan fingerprint density at radius 2 is 2.00 bits per heavy atom. The Hall–Kier alpha value is -2.07. The summed E-state index contributed by atoms with van der Waals surface area (Å²) < 4.78 is 9.13. The number of fused-ring (bicyclic) bond motifs is 1. The van der Waals surface area contributed by atoms with Gasteiger partial charge in [0.15, 0.2) is 6.29 Å². The van der Waals surface area contributed by atoms with Crippen molar-refractivity contribution in [1.82, 2.24) is 4.57 Å². The predicted octanol–water partition coefficient (Wildman–Crippen LogP) is 5.73. The second-order valence-electron chi connectivity index (χ2n) is 6.60. The lowest BCUT2D eigenvalue weighted by atomic mass is 10.0. The Kier molecular flexibility index (Phi) is 5.28. The largest absolute Gasteiger partial charge is 0.491 e. The van der Waals surface area contributed by atoms with E-state index < -0.39 is 0 Å². The van der Waals surface area contributed by atoms with Crippen LogP contribution in [0.3, 0.4) is 0 Å². The van der Waals surface area contributed by atoms with E-state index in [1.165, 1.54) is 11.1 Å². The summed E-state index contributed by atoms with van der Waals surface area (Å²) in [5, 5.41) is 0.961. The minimum atomic E-state index is 0.419. The summed E-state index contributed by atoms with van der Waals surface area (Å²) in [6, 6.07) is 12.4. The van der Waals surface area contributed by atoms with Crippen molar-refractivity contribution in [1.29, 1.82) is 0 Å². The van der Waals surface area contributed by atoms with Gasteiger partial charge < -0.3 is 9.30 Å². The second kappa shape index (κ2) is 7.44.